The molecule has 0 spiro atoms. The maximum atomic E-state index is 11.7. The predicted molar refractivity (Wildman–Crippen MR) is 82.1 cm³/mol. The molecule has 116 valence electrons. The van der Waals surface area contributed by atoms with E-state index in [0.717, 1.165) is 11.3 Å². The lowest BCUT2D eigenvalue weighted by molar-refractivity contribution is 0.0963. The smallest absolute Gasteiger partial charge is 0.315 e. The SMILES string of the molecule is CNC(=O)c1ccc(CNC(=O)NCc2ccnn2C)cc1. The van der Waals surface area contributed by atoms with Crippen molar-refractivity contribution in [1.82, 2.24) is 25.7 Å². The van der Waals surface area contributed by atoms with Gasteiger partial charge < -0.3 is 16.0 Å². The van der Waals surface area contributed by atoms with Crippen molar-refractivity contribution in [3.63, 3.8) is 0 Å². The Labute approximate surface area is 128 Å². The molecular formula is C15H19N5O2. The number of aromatic nitrogens is 2. The second-order valence-corrected chi connectivity index (χ2v) is 4.76. The van der Waals surface area contributed by atoms with Crippen LogP contribution >= 0.6 is 0 Å². The highest BCUT2D eigenvalue weighted by atomic mass is 16.2. The highest BCUT2D eigenvalue weighted by Crippen LogP contribution is 2.04. The molecule has 7 heteroatoms. The number of urea groups is 1. The van der Waals surface area contributed by atoms with E-state index in [1.54, 1.807) is 30.1 Å². The topological polar surface area (TPSA) is 88.1 Å². The van der Waals surface area contributed by atoms with Crippen molar-refractivity contribution in [1.29, 1.82) is 0 Å². The fourth-order valence-corrected chi connectivity index (χ4v) is 1.91. The first kappa shape index (κ1) is 15.6. The zero-order valence-corrected chi connectivity index (χ0v) is 12.6. The molecule has 1 aromatic heterocycles. The number of carbonyl (C=O) groups excluding carboxylic acids is 2. The van der Waals surface area contributed by atoms with Gasteiger partial charge in [-0.25, -0.2) is 4.79 Å². The second kappa shape index (κ2) is 7.26. The van der Waals surface area contributed by atoms with Crippen molar-refractivity contribution in [2.45, 2.75) is 13.1 Å². The summed E-state index contributed by atoms with van der Waals surface area (Å²) in [5, 5.41) is 12.1. The quantitative estimate of drug-likeness (QED) is 0.762. The van der Waals surface area contributed by atoms with Crippen molar-refractivity contribution in [2.75, 3.05) is 7.05 Å². The van der Waals surface area contributed by atoms with Gasteiger partial charge in [-0.05, 0) is 23.8 Å². The molecule has 22 heavy (non-hydrogen) atoms. The lowest BCUT2D eigenvalue weighted by Crippen LogP contribution is -2.35. The monoisotopic (exact) mass is 301 g/mol. The minimum Gasteiger partial charge on any atom is -0.355 e. The Hall–Kier alpha value is -2.83. The van der Waals surface area contributed by atoms with E-state index >= 15 is 0 Å². The number of nitrogens with one attached hydrogen (secondary N) is 3. The van der Waals surface area contributed by atoms with E-state index in [1.807, 2.05) is 25.2 Å². The average Bonchev–Trinajstić information content (AvgIpc) is 2.95. The highest BCUT2D eigenvalue weighted by Gasteiger charge is 2.05. The van der Waals surface area contributed by atoms with Crippen LogP contribution in [0.15, 0.2) is 36.5 Å². The number of amides is 3. The first-order valence-corrected chi connectivity index (χ1v) is 6.89. The number of carbonyl (C=O) groups is 2. The lowest BCUT2D eigenvalue weighted by atomic mass is 10.1. The summed E-state index contributed by atoms with van der Waals surface area (Å²) in [6, 6.07) is 8.67. The second-order valence-electron chi connectivity index (χ2n) is 4.76. The Bertz CT molecular complexity index is 648. The molecule has 1 aromatic carbocycles. The molecule has 2 aromatic rings. The summed E-state index contributed by atoms with van der Waals surface area (Å²) in [7, 11) is 3.41. The van der Waals surface area contributed by atoms with Crippen LogP contribution in [0.25, 0.3) is 0 Å². The lowest BCUT2D eigenvalue weighted by Gasteiger charge is -2.08. The van der Waals surface area contributed by atoms with Gasteiger partial charge in [0.1, 0.15) is 0 Å². The fraction of sp³-hybridized carbons (Fsp3) is 0.267. The van der Waals surface area contributed by atoms with Crippen LogP contribution in [-0.2, 0) is 20.1 Å². The fourth-order valence-electron chi connectivity index (χ4n) is 1.91. The maximum Gasteiger partial charge on any atom is 0.315 e. The van der Waals surface area contributed by atoms with Crippen LogP contribution in [-0.4, -0.2) is 28.8 Å². The molecule has 0 bridgehead atoms. The zero-order chi connectivity index (χ0) is 15.9. The van der Waals surface area contributed by atoms with Gasteiger partial charge in [-0.3, -0.25) is 9.48 Å². The van der Waals surface area contributed by atoms with E-state index in [-0.39, 0.29) is 11.9 Å². The van der Waals surface area contributed by atoms with E-state index in [2.05, 4.69) is 21.0 Å². The largest absolute Gasteiger partial charge is 0.355 e. The molecule has 0 aliphatic rings. The van der Waals surface area contributed by atoms with Gasteiger partial charge in [-0.1, -0.05) is 12.1 Å². The summed E-state index contributed by atoms with van der Waals surface area (Å²) in [6.45, 7) is 0.809. The summed E-state index contributed by atoms with van der Waals surface area (Å²) in [5.41, 5.74) is 2.43. The molecule has 1 heterocycles. The van der Waals surface area contributed by atoms with Crippen LogP contribution in [0, 0.1) is 0 Å². The Kier molecular flexibility index (Phi) is 5.13. The molecule has 3 N–H and O–H groups in total. The standard InChI is InChI=1S/C15H19N5O2/c1-16-14(21)12-5-3-11(4-6-12)9-17-15(22)18-10-13-7-8-19-20(13)2/h3-8H,9-10H2,1-2H3,(H,16,21)(H2,17,18,22). The molecule has 7 nitrogen and oxygen atoms in total. The third-order valence-electron chi connectivity index (χ3n) is 3.25. The Balaban J connectivity index is 1.78. The van der Waals surface area contributed by atoms with Gasteiger partial charge in [0.15, 0.2) is 0 Å². The third kappa shape index (κ3) is 4.08. The molecule has 2 rings (SSSR count). The van der Waals surface area contributed by atoms with Crippen LogP contribution in [0.4, 0.5) is 4.79 Å². The number of rotatable bonds is 5. The minimum atomic E-state index is -0.253. The van der Waals surface area contributed by atoms with Crippen molar-refractivity contribution in [2.24, 2.45) is 7.05 Å². The van der Waals surface area contributed by atoms with E-state index < -0.39 is 0 Å². The molecule has 0 radical (unpaired) electrons. The van der Waals surface area contributed by atoms with Gasteiger partial charge in [0.05, 0.1) is 12.2 Å². The van der Waals surface area contributed by atoms with E-state index in [9.17, 15) is 9.59 Å². The summed E-state index contributed by atoms with van der Waals surface area (Å²) in [4.78, 5) is 23.1. The first-order valence-electron chi connectivity index (χ1n) is 6.89. The van der Waals surface area contributed by atoms with E-state index in [4.69, 9.17) is 0 Å². The van der Waals surface area contributed by atoms with Crippen molar-refractivity contribution in [3.8, 4) is 0 Å². The maximum absolute atomic E-state index is 11.7. The summed E-state index contributed by atoms with van der Waals surface area (Å²) in [5.74, 6) is -0.131. The molecule has 0 aliphatic carbocycles. The van der Waals surface area contributed by atoms with Crippen LogP contribution in [0.3, 0.4) is 0 Å². The van der Waals surface area contributed by atoms with Crippen molar-refractivity contribution < 1.29 is 9.59 Å². The predicted octanol–water partition coefficient (Wildman–Crippen LogP) is 0.779. The highest BCUT2D eigenvalue weighted by molar-refractivity contribution is 5.93. The van der Waals surface area contributed by atoms with Crippen molar-refractivity contribution in [3.05, 3.63) is 53.3 Å². The summed E-state index contributed by atoms with van der Waals surface area (Å²) in [6.07, 6.45) is 1.68. The average molecular weight is 301 g/mol. The van der Waals surface area contributed by atoms with Crippen LogP contribution in [0.5, 0.6) is 0 Å². The number of nitrogens with zero attached hydrogens (tertiary/aromatic N) is 2. The molecule has 0 fully saturated rings. The molecule has 3 amide bonds. The normalized spacial score (nSPS) is 10.1. The number of hydrogen-bond donors (Lipinski definition) is 3. The Morgan fingerprint density at radius 2 is 1.77 bits per heavy atom. The molecule has 0 saturated carbocycles. The first-order chi connectivity index (χ1) is 10.6. The van der Waals surface area contributed by atoms with Crippen LogP contribution < -0.4 is 16.0 Å². The van der Waals surface area contributed by atoms with Gasteiger partial charge in [-0.2, -0.15) is 5.10 Å². The third-order valence-corrected chi connectivity index (χ3v) is 3.25. The van der Waals surface area contributed by atoms with Gasteiger partial charge in [0.25, 0.3) is 5.91 Å². The minimum absolute atomic E-state index is 0.131. The number of aryl methyl sites for hydroxylation is 1. The number of hydrogen-bond acceptors (Lipinski definition) is 3. The molecule has 0 atom stereocenters. The molecular weight excluding hydrogens is 282 g/mol. The van der Waals surface area contributed by atoms with Gasteiger partial charge >= 0.3 is 6.03 Å². The molecule has 0 saturated heterocycles. The zero-order valence-electron chi connectivity index (χ0n) is 12.6. The van der Waals surface area contributed by atoms with Gasteiger partial charge in [0, 0.05) is 32.4 Å². The Morgan fingerprint density at radius 3 is 2.36 bits per heavy atom. The molecule has 0 unspecified atom stereocenters. The Morgan fingerprint density at radius 1 is 1.09 bits per heavy atom. The van der Waals surface area contributed by atoms with E-state index in [0.29, 0.717) is 18.7 Å². The summed E-state index contributed by atoms with van der Waals surface area (Å²) >= 11 is 0. The van der Waals surface area contributed by atoms with Gasteiger partial charge in [-0.15, -0.1) is 0 Å². The summed E-state index contributed by atoms with van der Waals surface area (Å²) < 4.78 is 1.71. The van der Waals surface area contributed by atoms with Gasteiger partial charge in [0.2, 0.25) is 0 Å². The van der Waals surface area contributed by atoms with Crippen molar-refractivity contribution >= 4 is 11.9 Å². The molecule has 0 aliphatic heterocycles. The van der Waals surface area contributed by atoms with Crippen LogP contribution in [0.2, 0.25) is 0 Å². The van der Waals surface area contributed by atoms with Crippen LogP contribution in [0.1, 0.15) is 21.6 Å². The van der Waals surface area contributed by atoms with E-state index in [1.165, 1.54) is 0 Å². The number of benzene rings is 1.